The molecule has 1 N–H and O–H groups in total. The number of sulfonamides is 1. The van der Waals surface area contributed by atoms with Crippen molar-refractivity contribution in [1.29, 1.82) is 0 Å². The minimum atomic E-state index is -3.57. The maximum absolute atomic E-state index is 12.8. The summed E-state index contributed by atoms with van der Waals surface area (Å²) in [6, 6.07) is 6.74. The third-order valence-corrected chi connectivity index (χ3v) is 7.80. The van der Waals surface area contributed by atoms with Crippen LogP contribution in [0.3, 0.4) is 0 Å². The number of carbonyl (C=O) groups is 2. The topological polar surface area (TPSA) is 113 Å². The van der Waals surface area contributed by atoms with Gasteiger partial charge >= 0.3 is 0 Å². The van der Waals surface area contributed by atoms with Gasteiger partial charge in [-0.15, -0.1) is 10.2 Å². The van der Waals surface area contributed by atoms with Crippen molar-refractivity contribution in [3.05, 3.63) is 34.8 Å². The molecule has 1 aromatic heterocycles. The number of hydrogen-bond donors (Lipinski definition) is 1. The molecule has 9 nitrogen and oxygen atoms in total. The maximum atomic E-state index is 12.8. The number of rotatable bonds is 8. The van der Waals surface area contributed by atoms with Crippen LogP contribution < -0.4 is 5.32 Å². The Bertz CT molecular complexity index is 1010. The maximum Gasteiger partial charge on any atom is 0.243 e. The van der Waals surface area contributed by atoms with Crippen molar-refractivity contribution in [3.8, 4) is 0 Å². The summed E-state index contributed by atoms with van der Waals surface area (Å²) >= 11 is 1.34. The van der Waals surface area contributed by atoms with Crippen LogP contribution in [0.25, 0.3) is 0 Å². The van der Waals surface area contributed by atoms with Crippen LogP contribution in [0.5, 0.6) is 0 Å². The number of nitrogens with zero attached hydrogens (tertiary/aromatic N) is 4. The van der Waals surface area contributed by atoms with E-state index in [9.17, 15) is 18.0 Å². The summed E-state index contributed by atoms with van der Waals surface area (Å²) in [5, 5.41) is 11.9. The Morgan fingerprint density at radius 3 is 2.39 bits per heavy atom. The highest BCUT2D eigenvalue weighted by Crippen LogP contribution is 2.19. The van der Waals surface area contributed by atoms with E-state index in [-0.39, 0.29) is 42.6 Å². The van der Waals surface area contributed by atoms with E-state index in [1.807, 2.05) is 13.8 Å². The summed E-state index contributed by atoms with van der Waals surface area (Å²) in [6.07, 6.45) is 1.88. The van der Waals surface area contributed by atoms with E-state index in [4.69, 9.17) is 0 Å². The monoisotopic (exact) mass is 465 g/mol. The van der Waals surface area contributed by atoms with Crippen molar-refractivity contribution in [3.63, 3.8) is 0 Å². The average molecular weight is 466 g/mol. The third-order valence-electron chi connectivity index (χ3n) is 4.99. The fourth-order valence-corrected chi connectivity index (χ4v) is 5.50. The first-order valence-electron chi connectivity index (χ1n) is 10.3. The zero-order chi connectivity index (χ0) is 22.4. The Hall–Kier alpha value is -2.37. The van der Waals surface area contributed by atoms with E-state index in [0.717, 1.165) is 23.4 Å². The van der Waals surface area contributed by atoms with E-state index in [0.29, 0.717) is 18.2 Å². The van der Waals surface area contributed by atoms with Crippen molar-refractivity contribution >= 4 is 38.3 Å². The molecule has 0 saturated carbocycles. The summed E-state index contributed by atoms with van der Waals surface area (Å²) in [7, 11) is -3.57. The van der Waals surface area contributed by atoms with Gasteiger partial charge in [0.05, 0.1) is 4.90 Å². The van der Waals surface area contributed by atoms with Crippen molar-refractivity contribution in [2.24, 2.45) is 0 Å². The van der Waals surface area contributed by atoms with Crippen molar-refractivity contribution < 1.29 is 18.0 Å². The highest BCUT2D eigenvalue weighted by Gasteiger charge is 2.30. The molecule has 2 aromatic rings. The molecule has 1 aromatic carbocycles. The van der Waals surface area contributed by atoms with E-state index >= 15 is 0 Å². The van der Waals surface area contributed by atoms with Gasteiger partial charge in [-0.1, -0.05) is 36.0 Å². The predicted molar refractivity (Wildman–Crippen MR) is 118 cm³/mol. The molecule has 168 valence electrons. The van der Waals surface area contributed by atoms with Gasteiger partial charge in [0, 0.05) is 45.4 Å². The number of piperazine rings is 1. The molecule has 0 spiro atoms. The van der Waals surface area contributed by atoms with Crippen LogP contribution in [-0.4, -0.2) is 65.8 Å². The number of amides is 2. The fourth-order valence-electron chi connectivity index (χ4n) is 3.22. The second kappa shape index (κ2) is 10.3. The Morgan fingerprint density at radius 2 is 1.74 bits per heavy atom. The number of benzene rings is 1. The molecule has 0 atom stereocenters. The van der Waals surface area contributed by atoms with E-state index < -0.39 is 10.0 Å². The molecule has 2 amide bonds. The summed E-state index contributed by atoms with van der Waals surface area (Å²) in [4.78, 5) is 26.4. The lowest BCUT2D eigenvalue weighted by atomic mass is 10.2. The Labute approximate surface area is 186 Å². The van der Waals surface area contributed by atoms with E-state index in [2.05, 4.69) is 15.5 Å². The largest absolute Gasteiger partial charge is 0.340 e. The molecule has 1 aliphatic heterocycles. The smallest absolute Gasteiger partial charge is 0.243 e. The highest BCUT2D eigenvalue weighted by molar-refractivity contribution is 7.89. The molecule has 0 aliphatic carbocycles. The van der Waals surface area contributed by atoms with Crippen LogP contribution in [0.15, 0.2) is 29.2 Å². The summed E-state index contributed by atoms with van der Waals surface area (Å²) < 4.78 is 26.9. The van der Waals surface area contributed by atoms with Gasteiger partial charge in [0.25, 0.3) is 0 Å². The summed E-state index contributed by atoms with van der Waals surface area (Å²) in [6.45, 7) is 5.03. The molecule has 0 bridgehead atoms. The number of aromatic nitrogens is 2. The van der Waals surface area contributed by atoms with Gasteiger partial charge in [0.1, 0.15) is 5.01 Å². The Morgan fingerprint density at radius 1 is 1.06 bits per heavy atom. The van der Waals surface area contributed by atoms with Gasteiger partial charge < -0.3 is 10.2 Å². The SMILES string of the molecule is CCCc1nnc(NC(=O)CCC(=O)N2CCN(S(=O)(=O)c3ccc(C)cc3)CC2)s1. The van der Waals surface area contributed by atoms with Crippen LogP contribution in [0.2, 0.25) is 0 Å². The van der Waals surface area contributed by atoms with Crippen molar-refractivity contribution in [1.82, 2.24) is 19.4 Å². The lowest BCUT2D eigenvalue weighted by Gasteiger charge is -2.34. The molecule has 11 heteroatoms. The number of aryl methyl sites for hydroxylation is 2. The molecule has 1 fully saturated rings. The molecule has 3 rings (SSSR count). The molecular formula is C20H27N5O4S2. The standard InChI is InChI=1S/C20H27N5O4S2/c1-3-4-18-22-23-20(30-18)21-17(26)9-10-19(27)24-11-13-25(14-12-24)31(28,29)16-7-5-15(2)6-8-16/h5-8H,3-4,9-14H2,1-2H3,(H,21,23,26). The zero-order valence-corrected chi connectivity index (χ0v) is 19.3. The van der Waals surface area contributed by atoms with Gasteiger partial charge in [-0.3, -0.25) is 9.59 Å². The van der Waals surface area contributed by atoms with E-state index in [1.165, 1.54) is 15.6 Å². The number of carbonyl (C=O) groups excluding carboxylic acids is 2. The van der Waals surface area contributed by atoms with Crippen molar-refractivity contribution in [2.75, 3.05) is 31.5 Å². The quantitative estimate of drug-likeness (QED) is 0.638. The first kappa shape index (κ1) is 23.3. The minimum absolute atomic E-state index is 0.0450. The predicted octanol–water partition coefficient (Wildman–Crippen LogP) is 2.05. The zero-order valence-electron chi connectivity index (χ0n) is 17.7. The molecule has 1 aliphatic rings. The Balaban J connectivity index is 1.45. The van der Waals surface area contributed by atoms with Gasteiger partial charge in [0.2, 0.25) is 27.0 Å². The van der Waals surface area contributed by atoms with Gasteiger partial charge in [-0.05, 0) is 25.5 Å². The summed E-state index contributed by atoms with van der Waals surface area (Å²) in [5.74, 6) is -0.445. The second-order valence-corrected chi connectivity index (χ2v) is 10.4. The lowest BCUT2D eigenvalue weighted by molar-refractivity contribution is -0.133. The molecule has 0 radical (unpaired) electrons. The fraction of sp³-hybridized carbons (Fsp3) is 0.500. The lowest BCUT2D eigenvalue weighted by Crippen LogP contribution is -2.50. The first-order valence-corrected chi connectivity index (χ1v) is 12.5. The number of hydrogen-bond acceptors (Lipinski definition) is 7. The van der Waals surface area contributed by atoms with Crippen LogP contribution in [-0.2, 0) is 26.0 Å². The van der Waals surface area contributed by atoms with E-state index in [1.54, 1.807) is 29.2 Å². The molecule has 2 heterocycles. The number of anilines is 1. The summed E-state index contributed by atoms with van der Waals surface area (Å²) in [5.41, 5.74) is 0.992. The average Bonchev–Trinajstić information content (AvgIpc) is 3.19. The molecule has 1 saturated heterocycles. The molecule has 31 heavy (non-hydrogen) atoms. The van der Waals surface area contributed by atoms with Crippen LogP contribution in [0, 0.1) is 6.92 Å². The highest BCUT2D eigenvalue weighted by atomic mass is 32.2. The van der Waals surface area contributed by atoms with Gasteiger partial charge in [-0.2, -0.15) is 4.31 Å². The van der Waals surface area contributed by atoms with Crippen LogP contribution >= 0.6 is 11.3 Å². The number of nitrogens with one attached hydrogen (secondary N) is 1. The third kappa shape index (κ3) is 6.08. The first-order chi connectivity index (χ1) is 14.8. The van der Waals surface area contributed by atoms with Gasteiger partial charge in [0.15, 0.2) is 0 Å². The Kier molecular flexibility index (Phi) is 7.74. The van der Waals surface area contributed by atoms with Crippen molar-refractivity contribution in [2.45, 2.75) is 44.4 Å². The molecule has 0 unspecified atom stereocenters. The molecular weight excluding hydrogens is 438 g/mol. The second-order valence-electron chi connectivity index (χ2n) is 7.40. The minimum Gasteiger partial charge on any atom is -0.340 e. The van der Waals surface area contributed by atoms with Crippen LogP contribution in [0.4, 0.5) is 5.13 Å². The van der Waals surface area contributed by atoms with Crippen LogP contribution in [0.1, 0.15) is 36.8 Å². The normalized spacial score (nSPS) is 15.1. The van der Waals surface area contributed by atoms with Gasteiger partial charge in [-0.25, -0.2) is 8.42 Å².